The molecule has 0 aromatic heterocycles. The van der Waals surface area contributed by atoms with Crippen LogP contribution in [0.3, 0.4) is 0 Å². The Morgan fingerprint density at radius 2 is 2.35 bits per heavy atom. The SMILES string of the molecule is CC(CCO)Nc1cc2c(cc1[N+](=O)[O-])OCC(=O)N2. The number of nitro groups is 1. The Morgan fingerprint density at radius 3 is 3.00 bits per heavy atom. The lowest BCUT2D eigenvalue weighted by atomic mass is 10.1. The molecule has 0 spiro atoms. The molecule has 8 heteroatoms. The van der Waals surface area contributed by atoms with Gasteiger partial charge in [0, 0.05) is 12.6 Å². The van der Waals surface area contributed by atoms with Crippen molar-refractivity contribution in [3.05, 3.63) is 22.2 Å². The molecular formula is C12H15N3O5. The maximum atomic E-state index is 11.3. The zero-order valence-corrected chi connectivity index (χ0v) is 10.9. The fourth-order valence-corrected chi connectivity index (χ4v) is 1.91. The highest BCUT2D eigenvalue weighted by atomic mass is 16.6. The smallest absolute Gasteiger partial charge is 0.296 e. The first-order valence-corrected chi connectivity index (χ1v) is 6.13. The fourth-order valence-electron chi connectivity index (χ4n) is 1.91. The largest absolute Gasteiger partial charge is 0.481 e. The number of nitro benzene ring substituents is 1. The van der Waals surface area contributed by atoms with Gasteiger partial charge in [-0.1, -0.05) is 0 Å². The Bertz CT molecular complexity index is 546. The van der Waals surface area contributed by atoms with Crippen molar-refractivity contribution in [2.24, 2.45) is 0 Å². The number of benzene rings is 1. The summed E-state index contributed by atoms with van der Waals surface area (Å²) in [5.74, 6) is -0.0302. The third-order valence-corrected chi connectivity index (χ3v) is 2.89. The van der Waals surface area contributed by atoms with E-state index in [9.17, 15) is 14.9 Å². The van der Waals surface area contributed by atoms with E-state index in [1.54, 1.807) is 6.92 Å². The molecular weight excluding hydrogens is 266 g/mol. The maximum absolute atomic E-state index is 11.3. The van der Waals surface area contributed by atoms with Crippen molar-refractivity contribution >= 4 is 23.0 Å². The molecule has 1 aromatic rings. The molecule has 3 N–H and O–H groups in total. The minimum Gasteiger partial charge on any atom is -0.481 e. The van der Waals surface area contributed by atoms with Gasteiger partial charge in [-0.15, -0.1) is 0 Å². The Kier molecular flexibility index (Phi) is 4.04. The first-order chi connectivity index (χ1) is 9.51. The topological polar surface area (TPSA) is 114 Å². The van der Waals surface area contributed by atoms with Gasteiger partial charge in [-0.25, -0.2) is 0 Å². The number of aliphatic hydroxyl groups excluding tert-OH is 1. The van der Waals surface area contributed by atoms with Crippen LogP contribution in [0.2, 0.25) is 0 Å². The molecule has 1 aliphatic heterocycles. The van der Waals surface area contributed by atoms with Crippen LogP contribution in [-0.4, -0.2) is 35.2 Å². The van der Waals surface area contributed by atoms with Crippen molar-refractivity contribution in [1.82, 2.24) is 0 Å². The Balaban J connectivity index is 2.35. The van der Waals surface area contributed by atoms with Gasteiger partial charge in [0.05, 0.1) is 16.7 Å². The van der Waals surface area contributed by atoms with Crippen LogP contribution < -0.4 is 15.4 Å². The number of hydrogen-bond donors (Lipinski definition) is 3. The zero-order chi connectivity index (χ0) is 14.7. The van der Waals surface area contributed by atoms with Crippen LogP contribution in [0.4, 0.5) is 17.1 Å². The lowest BCUT2D eigenvalue weighted by molar-refractivity contribution is -0.384. The second kappa shape index (κ2) is 5.74. The fraction of sp³-hybridized carbons (Fsp3) is 0.417. The second-order valence-electron chi connectivity index (χ2n) is 4.52. The van der Waals surface area contributed by atoms with Crippen LogP contribution in [0.25, 0.3) is 0 Å². The number of rotatable bonds is 5. The molecule has 108 valence electrons. The molecule has 1 atom stereocenters. The van der Waals surface area contributed by atoms with Crippen molar-refractivity contribution < 1.29 is 19.6 Å². The van der Waals surface area contributed by atoms with Crippen molar-refractivity contribution in [3.8, 4) is 5.75 Å². The van der Waals surface area contributed by atoms with Crippen LogP contribution in [-0.2, 0) is 4.79 Å². The molecule has 0 saturated carbocycles. The third-order valence-electron chi connectivity index (χ3n) is 2.89. The lowest BCUT2D eigenvalue weighted by Gasteiger charge is -2.20. The van der Waals surface area contributed by atoms with Crippen LogP contribution >= 0.6 is 0 Å². The molecule has 1 amide bonds. The summed E-state index contributed by atoms with van der Waals surface area (Å²) in [7, 11) is 0. The number of carbonyl (C=O) groups excluding carboxylic acids is 1. The number of fused-ring (bicyclic) bond motifs is 1. The van der Waals surface area contributed by atoms with Crippen LogP contribution in [0.15, 0.2) is 12.1 Å². The molecule has 20 heavy (non-hydrogen) atoms. The average Bonchev–Trinajstić information content (AvgIpc) is 2.37. The van der Waals surface area contributed by atoms with E-state index in [4.69, 9.17) is 9.84 Å². The van der Waals surface area contributed by atoms with Crippen molar-refractivity contribution in [2.75, 3.05) is 23.8 Å². The summed E-state index contributed by atoms with van der Waals surface area (Å²) in [4.78, 5) is 21.8. The van der Waals surface area contributed by atoms with E-state index in [0.29, 0.717) is 12.1 Å². The summed E-state index contributed by atoms with van der Waals surface area (Å²) >= 11 is 0. The molecule has 1 aliphatic rings. The van der Waals surface area contributed by atoms with Gasteiger partial charge in [-0.2, -0.15) is 0 Å². The van der Waals surface area contributed by atoms with Gasteiger partial charge in [0.1, 0.15) is 5.69 Å². The van der Waals surface area contributed by atoms with Crippen molar-refractivity contribution in [1.29, 1.82) is 0 Å². The molecule has 0 bridgehead atoms. The predicted molar refractivity (Wildman–Crippen MR) is 72.0 cm³/mol. The summed E-state index contributed by atoms with van der Waals surface area (Å²) in [5.41, 5.74) is 0.538. The number of anilines is 2. The van der Waals surface area contributed by atoms with E-state index in [2.05, 4.69) is 10.6 Å². The number of carbonyl (C=O) groups is 1. The summed E-state index contributed by atoms with van der Waals surface area (Å²) in [6, 6.07) is 2.61. The molecule has 1 heterocycles. The number of nitrogens with one attached hydrogen (secondary N) is 2. The summed E-state index contributed by atoms with van der Waals surface area (Å²) < 4.78 is 5.15. The normalized spacial score (nSPS) is 14.8. The van der Waals surface area contributed by atoms with E-state index in [1.807, 2.05) is 0 Å². The molecule has 1 unspecified atom stereocenters. The minimum absolute atomic E-state index is 0.0211. The molecule has 0 saturated heterocycles. The number of amides is 1. The Morgan fingerprint density at radius 1 is 1.60 bits per heavy atom. The molecule has 8 nitrogen and oxygen atoms in total. The van der Waals surface area contributed by atoms with Gasteiger partial charge < -0.3 is 20.5 Å². The summed E-state index contributed by atoms with van der Waals surface area (Å²) in [5, 5.41) is 25.5. The van der Waals surface area contributed by atoms with Crippen LogP contribution in [0.1, 0.15) is 13.3 Å². The molecule has 1 aromatic carbocycles. The number of hydrogen-bond acceptors (Lipinski definition) is 6. The molecule has 0 aliphatic carbocycles. The van der Waals surface area contributed by atoms with Crippen LogP contribution in [0, 0.1) is 10.1 Å². The van der Waals surface area contributed by atoms with Crippen molar-refractivity contribution in [3.63, 3.8) is 0 Å². The summed E-state index contributed by atoms with van der Waals surface area (Å²) in [6.07, 6.45) is 0.455. The van der Waals surface area contributed by atoms with Crippen LogP contribution in [0.5, 0.6) is 5.75 Å². The number of ether oxygens (including phenoxy) is 1. The van der Waals surface area contributed by atoms with E-state index < -0.39 is 4.92 Å². The van der Waals surface area contributed by atoms with E-state index >= 15 is 0 Å². The van der Waals surface area contributed by atoms with E-state index in [1.165, 1.54) is 12.1 Å². The average molecular weight is 281 g/mol. The highest BCUT2D eigenvalue weighted by Gasteiger charge is 2.24. The molecule has 0 radical (unpaired) electrons. The highest BCUT2D eigenvalue weighted by molar-refractivity contribution is 5.96. The summed E-state index contributed by atoms with van der Waals surface area (Å²) in [6.45, 7) is 1.62. The third kappa shape index (κ3) is 2.97. The van der Waals surface area contributed by atoms with Gasteiger partial charge in [-0.3, -0.25) is 14.9 Å². The first kappa shape index (κ1) is 14.1. The number of nitrogens with zero attached hydrogens (tertiary/aromatic N) is 1. The standard InChI is InChI=1S/C12H15N3O5/c1-7(2-3-16)13-8-4-9-11(5-10(8)15(18)19)20-6-12(17)14-9/h4-5,7,13,16H,2-3,6H2,1H3,(H,14,17). The Hall–Kier alpha value is -2.35. The number of aliphatic hydroxyl groups is 1. The van der Waals surface area contributed by atoms with Gasteiger partial charge >= 0.3 is 0 Å². The Labute approximate surface area is 114 Å². The van der Waals surface area contributed by atoms with Gasteiger partial charge in [0.2, 0.25) is 0 Å². The second-order valence-corrected chi connectivity index (χ2v) is 4.52. The first-order valence-electron chi connectivity index (χ1n) is 6.13. The quantitative estimate of drug-likeness (QED) is 0.550. The lowest BCUT2D eigenvalue weighted by Crippen LogP contribution is -2.26. The van der Waals surface area contributed by atoms with Gasteiger partial charge in [-0.05, 0) is 19.4 Å². The van der Waals surface area contributed by atoms with Crippen molar-refractivity contribution in [2.45, 2.75) is 19.4 Å². The molecule has 2 rings (SSSR count). The van der Waals surface area contributed by atoms with Gasteiger partial charge in [0.15, 0.2) is 12.4 Å². The van der Waals surface area contributed by atoms with Gasteiger partial charge in [0.25, 0.3) is 11.6 Å². The predicted octanol–water partition coefficient (Wildman–Crippen LogP) is 1.11. The minimum atomic E-state index is -0.520. The molecule has 0 fully saturated rings. The highest BCUT2D eigenvalue weighted by Crippen LogP contribution is 2.38. The monoisotopic (exact) mass is 281 g/mol. The maximum Gasteiger partial charge on any atom is 0.296 e. The van der Waals surface area contributed by atoms with E-state index in [-0.39, 0.29) is 42.3 Å². The zero-order valence-electron chi connectivity index (χ0n) is 10.9. The van der Waals surface area contributed by atoms with E-state index in [0.717, 1.165) is 0 Å².